The van der Waals surface area contributed by atoms with Crippen molar-refractivity contribution in [2.24, 2.45) is 5.92 Å². The minimum atomic E-state index is -4.12. The van der Waals surface area contributed by atoms with Gasteiger partial charge in [0.05, 0.1) is 5.69 Å². The molecule has 33 heavy (non-hydrogen) atoms. The summed E-state index contributed by atoms with van der Waals surface area (Å²) in [6.45, 7) is 6.97. The number of fused-ring (bicyclic) bond motifs is 3. The van der Waals surface area contributed by atoms with E-state index in [1.165, 1.54) is 5.56 Å². The van der Waals surface area contributed by atoms with Crippen molar-refractivity contribution in [1.29, 1.82) is 0 Å². The van der Waals surface area contributed by atoms with Crippen LogP contribution in [0.5, 0.6) is 0 Å². The average Bonchev–Trinajstić information content (AvgIpc) is 3.46. The van der Waals surface area contributed by atoms with E-state index in [0.29, 0.717) is 18.2 Å². The fourth-order valence-electron chi connectivity index (χ4n) is 5.65. The highest BCUT2D eigenvalue weighted by Gasteiger charge is 2.34. The van der Waals surface area contributed by atoms with Crippen molar-refractivity contribution < 1.29 is 17.6 Å². The summed E-state index contributed by atoms with van der Waals surface area (Å²) in [4.78, 5) is 15.2. The number of benzene rings is 1. The first-order valence-electron chi connectivity index (χ1n) is 11.9. The molecule has 3 aliphatic heterocycles. The second-order valence-corrected chi connectivity index (χ2v) is 11.5. The van der Waals surface area contributed by atoms with Crippen LogP contribution < -0.4 is 10.0 Å². The molecule has 2 amide bonds. The lowest BCUT2D eigenvalue weighted by molar-refractivity contribution is 0.212. The summed E-state index contributed by atoms with van der Waals surface area (Å²) >= 11 is 0. The number of carbonyl (C=O) groups excluding carboxylic acids is 1. The first kappa shape index (κ1) is 21.0. The van der Waals surface area contributed by atoms with E-state index in [0.717, 1.165) is 86.1 Å². The maximum Gasteiger partial charge on any atom is 0.333 e. The fourth-order valence-corrected chi connectivity index (χ4v) is 6.54. The predicted octanol–water partition coefficient (Wildman–Crippen LogP) is 4.39. The molecule has 2 aliphatic carbocycles. The number of hydrogen-bond acceptors (Lipinski definition) is 5. The number of rotatable bonds is 5. The highest BCUT2D eigenvalue weighted by Crippen LogP contribution is 2.45. The van der Waals surface area contributed by atoms with E-state index in [1.807, 2.05) is 6.07 Å². The van der Waals surface area contributed by atoms with Gasteiger partial charge in [0.1, 0.15) is 5.76 Å². The number of carbonyl (C=O) groups is 1. The average molecular weight is 468 g/mol. The highest BCUT2D eigenvalue weighted by molar-refractivity contribution is 7.89. The van der Waals surface area contributed by atoms with Crippen molar-refractivity contribution in [3.05, 3.63) is 52.8 Å². The number of furan rings is 1. The first-order chi connectivity index (χ1) is 15.9. The second kappa shape index (κ2) is 7.74. The van der Waals surface area contributed by atoms with Gasteiger partial charge in [-0.25, -0.2) is 9.52 Å². The van der Waals surface area contributed by atoms with E-state index in [2.05, 4.69) is 27.6 Å². The number of sulfonamides is 1. The molecule has 1 aromatic carbocycles. The third-order valence-electron chi connectivity index (χ3n) is 7.60. The van der Waals surface area contributed by atoms with E-state index in [4.69, 9.17) is 4.42 Å². The third-order valence-corrected chi connectivity index (χ3v) is 8.79. The zero-order valence-electron chi connectivity index (χ0n) is 18.7. The van der Waals surface area contributed by atoms with Gasteiger partial charge in [-0.1, -0.05) is 18.7 Å². The molecule has 174 valence electrons. The summed E-state index contributed by atoms with van der Waals surface area (Å²) in [6.07, 6.45) is 7.03. The minimum absolute atomic E-state index is 0.183. The summed E-state index contributed by atoms with van der Waals surface area (Å²) in [5.74, 6) is 1.46. The van der Waals surface area contributed by atoms with Crippen LogP contribution in [0.4, 0.5) is 10.5 Å². The molecule has 4 heterocycles. The van der Waals surface area contributed by atoms with Gasteiger partial charge >= 0.3 is 6.03 Å². The van der Waals surface area contributed by atoms with Crippen molar-refractivity contribution in [1.82, 2.24) is 9.62 Å². The first-order valence-corrected chi connectivity index (χ1v) is 13.4. The number of nitrogens with zero attached hydrogens (tertiary/aromatic N) is 1. The summed E-state index contributed by atoms with van der Waals surface area (Å²) < 4.78 is 34.0. The van der Waals surface area contributed by atoms with Crippen LogP contribution in [0, 0.1) is 5.92 Å². The number of allylic oxidation sites excluding steroid dienone is 1. The second-order valence-electron chi connectivity index (χ2n) is 9.84. The molecule has 2 N–H and O–H groups in total. The molecule has 2 bridgehead atoms. The SMILES string of the molecule is C=C(c1ccc2c(c1NC(=O)NS(=O)(=O)c1cc3c(o1)C1CCN(CC1)C3)CCC2)C1CC1. The fraction of sp³-hybridized carbons (Fsp3) is 0.480. The van der Waals surface area contributed by atoms with Crippen molar-refractivity contribution in [3.8, 4) is 0 Å². The van der Waals surface area contributed by atoms with E-state index in [-0.39, 0.29) is 11.0 Å². The summed E-state index contributed by atoms with van der Waals surface area (Å²) in [7, 11) is -4.12. The van der Waals surface area contributed by atoms with Crippen LogP contribution in [0.2, 0.25) is 0 Å². The summed E-state index contributed by atoms with van der Waals surface area (Å²) in [6, 6.07) is 4.95. The largest absolute Gasteiger partial charge is 0.447 e. The Hall–Kier alpha value is -2.58. The van der Waals surface area contributed by atoms with Crippen molar-refractivity contribution in [2.75, 3.05) is 18.4 Å². The van der Waals surface area contributed by atoms with Gasteiger partial charge < -0.3 is 9.73 Å². The van der Waals surface area contributed by atoms with Gasteiger partial charge in [0.15, 0.2) is 0 Å². The lowest BCUT2D eigenvalue weighted by Gasteiger charge is -2.26. The molecule has 0 unspecified atom stereocenters. The van der Waals surface area contributed by atoms with Gasteiger partial charge in [-0.3, -0.25) is 4.90 Å². The van der Waals surface area contributed by atoms with Crippen LogP contribution in [-0.2, 0) is 29.4 Å². The van der Waals surface area contributed by atoms with Crippen LogP contribution in [-0.4, -0.2) is 32.4 Å². The number of anilines is 1. The number of hydrogen-bond donors (Lipinski definition) is 2. The molecule has 1 aromatic heterocycles. The lowest BCUT2D eigenvalue weighted by atomic mass is 9.95. The molecule has 2 aromatic rings. The standard InChI is InChI=1S/C25H29N3O4S/c1-15(16-5-6-16)20-8-7-17-3-2-4-21(17)23(20)26-25(29)27-33(30,31)22-13-19-14-28-11-9-18(10-12-28)24(19)32-22/h7-8,13,16,18H,1-6,9-12,14H2,(H2,26,27,29). The zero-order valence-corrected chi connectivity index (χ0v) is 19.5. The molecule has 1 saturated heterocycles. The topological polar surface area (TPSA) is 91.7 Å². The number of amides is 2. The van der Waals surface area contributed by atoms with E-state index in [9.17, 15) is 13.2 Å². The number of urea groups is 1. The van der Waals surface area contributed by atoms with Crippen molar-refractivity contribution >= 4 is 27.3 Å². The number of piperidine rings is 1. The molecule has 7 nitrogen and oxygen atoms in total. The Morgan fingerprint density at radius 2 is 1.88 bits per heavy atom. The predicted molar refractivity (Wildman–Crippen MR) is 126 cm³/mol. The molecule has 0 spiro atoms. The molecule has 8 heteroatoms. The molecule has 7 rings (SSSR count). The molecule has 1 saturated carbocycles. The van der Waals surface area contributed by atoms with E-state index >= 15 is 0 Å². The molecule has 2 fully saturated rings. The Morgan fingerprint density at radius 1 is 1.09 bits per heavy atom. The van der Waals surface area contributed by atoms with Gasteiger partial charge in [0.2, 0.25) is 5.09 Å². The Bertz CT molecular complexity index is 1250. The van der Waals surface area contributed by atoms with Gasteiger partial charge in [0, 0.05) is 29.7 Å². The van der Waals surface area contributed by atoms with E-state index in [1.54, 1.807) is 6.07 Å². The van der Waals surface area contributed by atoms with Gasteiger partial charge in [-0.2, -0.15) is 8.42 Å². The van der Waals surface area contributed by atoms with Gasteiger partial charge in [-0.05, 0) is 80.7 Å². The van der Waals surface area contributed by atoms with E-state index < -0.39 is 16.1 Å². The highest BCUT2D eigenvalue weighted by atomic mass is 32.2. The lowest BCUT2D eigenvalue weighted by Crippen LogP contribution is -2.35. The van der Waals surface area contributed by atoms with Crippen molar-refractivity contribution in [2.45, 2.75) is 62.5 Å². The molecule has 5 aliphatic rings. The van der Waals surface area contributed by atoms with Gasteiger partial charge in [-0.15, -0.1) is 0 Å². The molecule has 0 atom stereocenters. The van der Waals surface area contributed by atoms with Crippen molar-refractivity contribution in [3.63, 3.8) is 0 Å². The smallest absolute Gasteiger partial charge is 0.333 e. The number of nitrogens with one attached hydrogen (secondary N) is 2. The maximum atomic E-state index is 13.0. The van der Waals surface area contributed by atoms with Crippen LogP contribution in [0.1, 0.15) is 66.0 Å². The Kier molecular flexibility index (Phi) is 4.92. The maximum absolute atomic E-state index is 13.0. The van der Waals surface area contributed by atoms with Crippen LogP contribution in [0.3, 0.4) is 0 Å². The summed E-state index contributed by atoms with van der Waals surface area (Å²) in [5.41, 5.74) is 5.86. The Balaban J connectivity index is 1.25. The quantitative estimate of drug-likeness (QED) is 0.680. The van der Waals surface area contributed by atoms with Crippen LogP contribution in [0.15, 0.2) is 34.3 Å². The minimum Gasteiger partial charge on any atom is -0.447 e. The molecular weight excluding hydrogens is 438 g/mol. The third kappa shape index (κ3) is 3.79. The zero-order chi connectivity index (χ0) is 22.7. The normalized spacial score (nSPS) is 23.5. The number of aryl methyl sites for hydroxylation is 1. The molecule has 0 radical (unpaired) electrons. The molecular formula is C25H29N3O4S. The Labute approximate surface area is 194 Å². The van der Waals surface area contributed by atoms with Crippen LogP contribution in [0.25, 0.3) is 5.57 Å². The Morgan fingerprint density at radius 3 is 2.64 bits per heavy atom. The van der Waals surface area contributed by atoms with Crippen LogP contribution >= 0.6 is 0 Å². The monoisotopic (exact) mass is 467 g/mol. The van der Waals surface area contributed by atoms with Gasteiger partial charge in [0.25, 0.3) is 10.0 Å². The summed E-state index contributed by atoms with van der Waals surface area (Å²) in [5, 5.41) is 2.68.